The van der Waals surface area contributed by atoms with Crippen molar-refractivity contribution in [3.63, 3.8) is 0 Å². The van der Waals surface area contributed by atoms with Gasteiger partial charge >= 0.3 is 5.97 Å². The number of rotatable bonds is 7. The summed E-state index contributed by atoms with van der Waals surface area (Å²) in [6.45, 7) is 4.47. The van der Waals surface area contributed by atoms with Crippen molar-refractivity contribution in [3.05, 3.63) is 81.9 Å². The van der Waals surface area contributed by atoms with Crippen LogP contribution < -0.4 is 10.3 Å². The zero-order valence-electron chi connectivity index (χ0n) is 19.2. The Morgan fingerprint density at radius 3 is 2.54 bits per heavy atom. The number of fused-ring (bicyclic) bond motifs is 1. The Labute approximate surface area is 200 Å². The molecule has 182 valence electrons. The minimum Gasteiger partial charge on any atom is -0.507 e. The third-order valence-corrected chi connectivity index (χ3v) is 5.73. The zero-order valence-corrected chi connectivity index (χ0v) is 19.2. The molecular formula is C26H25FN2O6. The minimum atomic E-state index is -1.12. The maximum Gasteiger partial charge on any atom is 0.379 e. The monoisotopic (exact) mass is 480 g/mol. The lowest BCUT2D eigenvalue weighted by Gasteiger charge is -2.29. The van der Waals surface area contributed by atoms with E-state index in [0.717, 1.165) is 11.3 Å². The molecule has 1 saturated heterocycles. The summed E-state index contributed by atoms with van der Waals surface area (Å²) in [4.78, 5) is 39.1. The molecule has 3 aromatic rings. The van der Waals surface area contributed by atoms with Crippen molar-refractivity contribution in [3.8, 4) is 0 Å². The van der Waals surface area contributed by atoms with Crippen molar-refractivity contribution in [1.29, 1.82) is 0 Å². The summed E-state index contributed by atoms with van der Waals surface area (Å²) in [6, 6.07) is 11.3. The first-order valence-corrected chi connectivity index (χ1v) is 11.2. The van der Waals surface area contributed by atoms with Gasteiger partial charge in [-0.05, 0) is 42.8 Å². The van der Waals surface area contributed by atoms with Crippen molar-refractivity contribution in [1.82, 2.24) is 4.57 Å². The van der Waals surface area contributed by atoms with Crippen molar-refractivity contribution in [2.24, 2.45) is 0 Å². The highest BCUT2D eigenvalue weighted by Crippen LogP contribution is 2.24. The summed E-state index contributed by atoms with van der Waals surface area (Å²) in [7, 11) is 0. The number of pyridine rings is 1. The Kier molecular flexibility index (Phi) is 7.26. The highest BCUT2D eigenvalue weighted by atomic mass is 19.1. The van der Waals surface area contributed by atoms with Gasteiger partial charge in [0, 0.05) is 43.0 Å². The number of aliphatic hydroxyl groups is 1. The molecule has 0 bridgehead atoms. The fraction of sp³-hybridized carbons (Fsp3) is 0.269. The van der Waals surface area contributed by atoms with Gasteiger partial charge in [0.25, 0.3) is 5.78 Å². The zero-order chi connectivity index (χ0) is 24.9. The molecular weight excluding hydrogens is 455 g/mol. The van der Waals surface area contributed by atoms with E-state index in [0.29, 0.717) is 43.3 Å². The second kappa shape index (κ2) is 10.5. The molecule has 0 aliphatic carbocycles. The molecule has 4 rings (SSSR count). The predicted octanol–water partition coefficient (Wildman–Crippen LogP) is 3.06. The van der Waals surface area contributed by atoms with Gasteiger partial charge in [-0.3, -0.25) is 9.59 Å². The van der Waals surface area contributed by atoms with Crippen LogP contribution in [0.2, 0.25) is 0 Å². The van der Waals surface area contributed by atoms with Gasteiger partial charge < -0.3 is 24.0 Å². The number of nitrogens with zero attached hydrogens (tertiary/aromatic N) is 2. The van der Waals surface area contributed by atoms with Crippen molar-refractivity contribution in [2.75, 3.05) is 37.8 Å². The number of aromatic nitrogens is 1. The molecule has 0 spiro atoms. The number of morpholine rings is 1. The van der Waals surface area contributed by atoms with E-state index in [1.165, 1.54) is 18.3 Å². The molecule has 2 aromatic carbocycles. The van der Waals surface area contributed by atoms with Crippen LogP contribution in [0.5, 0.6) is 0 Å². The topological polar surface area (TPSA) is 98.1 Å². The van der Waals surface area contributed by atoms with E-state index in [2.05, 4.69) is 9.64 Å². The first-order chi connectivity index (χ1) is 16.9. The lowest BCUT2D eigenvalue weighted by atomic mass is 10.1. The Morgan fingerprint density at radius 2 is 1.86 bits per heavy atom. The van der Waals surface area contributed by atoms with Gasteiger partial charge in [-0.1, -0.05) is 12.1 Å². The summed E-state index contributed by atoms with van der Waals surface area (Å²) >= 11 is 0. The molecule has 9 heteroatoms. The lowest BCUT2D eigenvalue weighted by molar-refractivity contribution is -0.151. The first-order valence-electron chi connectivity index (χ1n) is 11.2. The largest absolute Gasteiger partial charge is 0.507 e. The molecule has 1 aliphatic heterocycles. The number of benzene rings is 2. The summed E-state index contributed by atoms with van der Waals surface area (Å²) in [5, 5.41) is 10.9. The second-order valence-corrected chi connectivity index (χ2v) is 8.04. The lowest BCUT2D eigenvalue weighted by Crippen LogP contribution is -2.36. The predicted molar refractivity (Wildman–Crippen MR) is 129 cm³/mol. The van der Waals surface area contributed by atoms with E-state index in [9.17, 15) is 23.9 Å². The van der Waals surface area contributed by atoms with Crippen LogP contribution in [-0.4, -0.2) is 54.3 Å². The van der Waals surface area contributed by atoms with Gasteiger partial charge in [-0.2, -0.15) is 0 Å². The van der Waals surface area contributed by atoms with Gasteiger partial charge in [0.1, 0.15) is 11.6 Å². The molecule has 8 nitrogen and oxygen atoms in total. The van der Waals surface area contributed by atoms with E-state index in [4.69, 9.17) is 4.74 Å². The minimum absolute atomic E-state index is 0.00506. The fourth-order valence-electron chi connectivity index (χ4n) is 3.96. The molecule has 0 unspecified atom stereocenters. The summed E-state index contributed by atoms with van der Waals surface area (Å²) in [5.41, 5.74) is 1.66. The average Bonchev–Trinajstić information content (AvgIpc) is 2.87. The number of esters is 1. The Hall–Kier alpha value is -3.98. The maximum absolute atomic E-state index is 13.4. The number of halogens is 1. The van der Waals surface area contributed by atoms with Crippen LogP contribution in [-0.2, 0) is 25.6 Å². The summed E-state index contributed by atoms with van der Waals surface area (Å²) in [6.07, 6.45) is 2.12. The number of carbonyl (C=O) groups excluding carboxylic acids is 2. The normalized spacial score (nSPS) is 14.2. The van der Waals surface area contributed by atoms with E-state index < -0.39 is 22.9 Å². The van der Waals surface area contributed by atoms with E-state index in [-0.39, 0.29) is 24.5 Å². The van der Waals surface area contributed by atoms with Gasteiger partial charge in [0.15, 0.2) is 5.43 Å². The van der Waals surface area contributed by atoms with Crippen molar-refractivity contribution in [2.45, 2.75) is 13.5 Å². The van der Waals surface area contributed by atoms with Crippen LogP contribution in [0.4, 0.5) is 10.1 Å². The van der Waals surface area contributed by atoms with E-state index in [1.807, 2.05) is 12.1 Å². The third-order valence-electron chi connectivity index (χ3n) is 5.73. The molecule has 1 N–H and O–H groups in total. The number of ketones is 1. The smallest absolute Gasteiger partial charge is 0.379 e. The van der Waals surface area contributed by atoms with Crippen molar-refractivity contribution < 1.29 is 28.6 Å². The van der Waals surface area contributed by atoms with E-state index in [1.54, 1.807) is 29.7 Å². The maximum atomic E-state index is 13.4. The van der Waals surface area contributed by atoms with Crippen LogP contribution in [0.25, 0.3) is 16.7 Å². The summed E-state index contributed by atoms with van der Waals surface area (Å²) < 4.78 is 25.3. The SMILES string of the molecule is CCOC(=O)C(=O)/C=C(\O)c1cn(Cc2ccc(F)cc2)c2cc(N3CCOCC3)ccc2c1=O. The summed E-state index contributed by atoms with van der Waals surface area (Å²) in [5.74, 6) is -3.20. The molecule has 2 heterocycles. The van der Waals surface area contributed by atoms with Crippen LogP contribution in [0, 0.1) is 5.82 Å². The van der Waals surface area contributed by atoms with E-state index >= 15 is 0 Å². The molecule has 0 saturated carbocycles. The number of anilines is 1. The van der Waals surface area contributed by atoms with Gasteiger partial charge in [-0.15, -0.1) is 0 Å². The second-order valence-electron chi connectivity index (χ2n) is 8.04. The third kappa shape index (κ3) is 5.41. The van der Waals surface area contributed by atoms with Gasteiger partial charge in [0.2, 0.25) is 0 Å². The first kappa shape index (κ1) is 24.2. The highest BCUT2D eigenvalue weighted by Gasteiger charge is 2.19. The van der Waals surface area contributed by atoms with Crippen LogP contribution in [0.1, 0.15) is 18.1 Å². The number of hydrogen-bond donors (Lipinski definition) is 1. The molecule has 1 fully saturated rings. The van der Waals surface area contributed by atoms with Crippen LogP contribution >= 0.6 is 0 Å². The quantitative estimate of drug-likeness (QED) is 0.240. The number of hydrogen-bond acceptors (Lipinski definition) is 7. The average molecular weight is 480 g/mol. The number of ether oxygens (including phenoxy) is 2. The van der Waals surface area contributed by atoms with Crippen molar-refractivity contribution >= 4 is 34.1 Å². The van der Waals surface area contributed by atoms with Crippen LogP contribution in [0.15, 0.2) is 59.5 Å². The molecule has 0 amide bonds. The molecule has 0 radical (unpaired) electrons. The van der Waals surface area contributed by atoms with Gasteiger partial charge in [-0.25, -0.2) is 9.18 Å². The fourth-order valence-corrected chi connectivity index (χ4v) is 3.96. The molecule has 0 atom stereocenters. The Balaban J connectivity index is 1.82. The Bertz CT molecular complexity index is 1340. The highest BCUT2D eigenvalue weighted by molar-refractivity contribution is 6.39. The number of aliphatic hydroxyl groups excluding tert-OH is 1. The molecule has 1 aromatic heterocycles. The van der Waals surface area contributed by atoms with Crippen LogP contribution in [0.3, 0.4) is 0 Å². The standard InChI is InChI=1S/C26H25FN2O6/c1-2-35-26(33)24(31)14-23(30)21-16-29(15-17-3-5-18(27)6-4-17)22-13-19(7-8-20(22)25(21)32)28-9-11-34-12-10-28/h3-8,13-14,16,30H,2,9-12,15H2,1H3/b23-14-. The molecule has 35 heavy (non-hydrogen) atoms. The van der Waals surface area contributed by atoms with Gasteiger partial charge in [0.05, 0.1) is 30.9 Å². The molecule has 1 aliphatic rings. The Morgan fingerprint density at radius 1 is 1.14 bits per heavy atom. The number of carbonyl (C=O) groups is 2.